The van der Waals surface area contributed by atoms with Gasteiger partial charge in [0.1, 0.15) is 0 Å². The minimum atomic E-state index is 0.783. The van der Waals surface area contributed by atoms with Crippen LogP contribution in [0.5, 0.6) is 0 Å². The molecule has 120 valence electrons. The van der Waals surface area contributed by atoms with Crippen molar-refractivity contribution in [3.05, 3.63) is 0 Å². The van der Waals surface area contributed by atoms with Gasteiger partial charge in [0.25, 0.3) is 0 Å². The van der Waals surface area contributed by atoms with Crippen LogP contribution in [-0.4, -0.2) is 61.2 Å². The molecular formula is C17H37N3. The molecule has 0 radical (unpaired) electrons. The third kappa shape index (κ3) is 6.11. The number of nitrogens with zero attached hydrogens (tertiary/aromatic N) is 2. The van der Waals surface area contributed by atoms with Crippen molar-refractivity contribution >= 4 is 0 Å². The van der Waals surface area contributed by atoms with Crippen LogP contribution in [0.2, 0.25) is 0 Å². The summed E-state index contributed by atoms with van der Waals surface area (Å²) in [7, 11) is 0. The maximum atomic E-state index is 3.61. The number of nitrogens with one attached hydrogen (secondary N) is 1. The van der Waals surface area contributed by atoms with Gasteiger partial charge in [-0.1, -0.05) is 27.7 Å². The maximum absolute atomic E-state index is 3.61. The Morgan fingerprint density at radius 3 is 2.00 bits per heavy atom. The molecule has 20 heavy (non-hydrogen) atoms. The van der Waals surface area contributed by atoms with Crippen LogP contribution >= 0.6 is 0 Å². The summed E-state index contributed by atoms with van der Waals surface area (Å²) in [4.78, 5) is 5.27. The van der Waals surface area contributed by atoms with Gasteiger partial charge < -0.3 is 15.1 Å². The molecule has 1 fully saturated rings. The predicted molar refractivity (Wildman–Crippen MR) is 89.4 cm³/mol. The summed E-state index contributed by atoms with van der Waals surface area (Å²) < 4.78 is 0. The number of rotatable bonds is 10. The fourth-order valence-corrected chi connectivity index (χ4v) is 3.57. The zero-order chi connectivity index (χ0) is 14.8. The van der Waals surface area contributed by atoms with E-state index in [2.05, 4.69) is 42.8 Å². The van der Waals surface area contributed by atoms with Crippen LogP contribution in [0.1, 0.15) is 59.8 Å². The zero-order valence-electron chi connectivity index (χ0n) is 14.3. The molecule has 0 heterocycles. The maximum Gasteiger partial charge on any atom is 0.00963 e. The Morgan fingerprint density at radius 2 is 1.50 bits per heavy atom. The molecule has 1 rings (SSSR count). The molecule has 0 aromatic heterocycles. The summed E-state index contributed by atoms with van der Waals surface area (Å²) in [5.41, 5.74) is 0. The van der Waals surface area contributed by atoms with Crippen molar-refractivity contribution in [1.29, 1.82) is 0 Å². The van der Waals surface area contributed by atoms with Gasteiger partial charge in [0.15, 0.2) is 0 Å². The SMILES string of the molecule is CCNC1CCC(N(CC)CCCN(CC)CC)CC1. The van der Waals surface area contributed by atoms with E-state index >= 15 is 0 Å². The first-order valence-corrected chi connectivity index (χ1v) is 8.94. The second-order valence-corrected chi connectivity index (χ2v) is 6.07. The van der Waals surface area contributed by atoms with Crippen molar-refractivity contribution in [2.45, 2.75) is 71.9 Å². The normalized spacial score (nSPS) is 23.7. The van der Waals surface area contributed by atoms with Gasteiger partial charge in [-0.15, -0.1) is 0 Å². The van der Waals surface area contributed by atoms with Crippen molar-refractivity contribution in [2.75, 3.05) is 39.3 Å². The van der Waals surface area contributed by atoms with Gasteiger partial charge in [-0.05, 0) is 71.4 Å². The van der Waals surface area contributed by atoms with Gasteiger partial charge in [-0.2, -0.15) is 0 Å². The van der Waals surface area contributed by atoms with Crippen LogP contribution in [0.3, 0.4) is 0 Å². The van der Waals surface area contributed by atoms with E-state index in [-0.39, 0.29) is 0 Å². The first-order valence-electron chi connectivity index (χ1n) is 8.94. The van der Waals surface area contributed by atoms with E-state index in [0.29, 0.717) is 0 Å². The fourth-order valence-electron chi connectivity index (χ4n) is 3.57. The molecule has 0 spiro atoms. The summed E-state index contributed by atoms with van der Waals surface area (Å²) in [6.45, 7) is 16.3. The summed E-state index contributed by atoms with van der Waals surface area (Å²) in [5.74, 6) is 0. The Kier molecular flexibility index (Phi) is 9.49. The van der Waals surface area contributed by atoms with Crippen LogP contribution in [0.4, 0.5) is 0 Å². The molecule has 3 heteroatoms. The first kappa shape index (κ1) is 17.9. The van der Waals surface area contributed by atoms with Crippen molar-refractivity contribution in [1.82, 2.24) is 15.1 Å². The van der Waals surface area contributed by atoms with Crippen LogP contribution in [0, 0.1) is 0 Å². The van der Waals surface area contributed by atoms with Crippen LogP contribution in [0.25, 0.3) is 0 Å². The van der Waals surface area contributed by atoms with Crippen molar-refractivity contribution in [3.8, 4) is 0 Å². The third-order valence-electron chi connectivity index (χ3n) is 4.93. The molecule has 1 aliphatic rings. The van der Waals surface area contributed by atoms with E-state index in [0.717, 1.165) is 18.6 Å². The molecule has 0 bridgehead atoms. The monoisotopic (exact) mass is 283 g/mol. The lowest BCUT2D eigenvalue weighted by Crippen LogP contribution is -2.43. The summed E-state index contributed by atoms with van der Waals surface area (Å²) in [5, 5.41) is 3.61. The molecule has 3 nitrogen and oxygen atoms in total. The predicted octanol–water partition coefficient (Wildman–Crippen LogP) is 2.96. The minimum Gasteiger partial charge on any atom is -0.314 e. The quantitative estimate of drug-likeness (QED) is 0.665. The van der Waals surface area contributed by atoms with Gasteiger partial charge in [-0.25, -0.2) is 0 Å². The van der Waals surface area contributed by atoms with Gasteiger partial charge in [0, 0.05) is 12.1 Å². The molecule has 0 unspecified atom stereocenters. The van der Waals surface area contributed by atoms with E-state index in [9.17, 15) is 0 Å². The molecule has 0 aromatic rings. The number of hydrogen-bond donors (Lipinski definition) is 1. The second kappa shape index (κ2) is 10.6. The third-order valence-corrected chi connectivity index (χ3v) is 4.93. The van der Waals surface area contributed by atoms with Gasteiger partial charge in [-0.3, -0.25) is 0 Å². The zero-order valence-corrected chi connectivity index (χ0v) is 14.3. The molecule has 1 saturated carbocycles. The lowest BCUT2D eigenvalue weighted by atomic mass is 9.90. The Hall–Kier alpha value is -0.120. The lowest BCUT2D eigenvalue weighted by molar-refractivity contribution is 0.142. The highest BCUT2D eigenvalue weighted by Crippen LogP contribution is 2.23. The minimum absolute atomic E-state index is 0.783. The number of hydrogen-bond acceptors (Lipinski definition) is 3. The summed E-state index contributed by atoms with van der Waals surface area (Å²) in [6, 6.07) is 1.62. The summed E-state index contributed by atoms with van der Waals surface area (Å²) in [6.07, 6.45) is 6.83. The van der Waals surface area contributed by atoms with Crippen LogP contribution < -0.4 is 5.32 Å². The Labute approximate surface area is 127 Å². The topological polar surface area (TPSA) is 18.5 Å². The van der Waals surface area contributed by atoms with Gasteiger partial charge in [0.05, 0.1) is 0 Å². The second-order valence-electron chi connectivity index (χ2n) is 6.07. The Morgan fingerprint density at radius 1 is 0.850 bits per heavy atom. The van der Waals surface area contributed by atoms with Crippen molar-refractivity contribution < 1.29 is 0 Å². The van der Waals surface area contributed by atoms with E-state index in [1.807, 2.05) is 0 Å². The van der Waals surface area contributed by atoms with Crippen LogP contribution in [-0.2, 0) is 0 Å². The molecule has 0 saturated heterocycles. The summed E-state index contributed by atoms with van der Waals surface area (Å²) >= 11 is 0. The lowest BCUT2D eigenvalue weighted by Gasteiger charge is -2.37. The van der Waals surface area contributed by atoms with E-state index < -0.39 is 0 Å². The average molecular weight is 284 g/mol. The molecule has 1 aliphatic carbocycles. The molecule has 1 N–H and O–H groups in total. The van der Waals surface area contributed by atoms with E-state index in [1.165, 1.54) is 64.8 Å². The van der Waals surface area contributed by atoms with Gasteiger partial charge >= 0.3 is 0 Å². The fraction of sp³-hybridized carbons (Fsp3) is 1.00. The molecule has 0 aliphatic heterocycles. The van der Waals surface area contributed by atoms with Crippen molar-refractivity contribution in [3.63, 3.8) is 0 Å². The Balaban J connectivity index is 2.25. The van der Waals surface area contributed by atoms with E-state index in [4.69, 9.17) is 0 Å². The molecular weight excluding hydrogens is 246 g/mol. The van der Waals surface area contributed by atoms with Crippen molar-refractivity contribution in [2.24, 2.45) is 0 Å². The largest absolute Gasteiger partial charge is 0.314 e. The molecule has 0 aromatic carbocycles. The smallest absolute Gasteiger partial charge is 0.00963 e. The van der Waals surface area contributed by atoms with E-state index in [1.54, 1.807) is 0 Å². The van der Waals surface area contributed by atoms with Gasteiger partial charge in [0.2, 0.25) is 0 Å². The highest BCUT2D eigenvalue weighted by molar-refractivity contribution is 4.82. The first-order chi connectivity index (χ1) is 9.74. The highest BCUT2D eigenvalue weighted by Gasteiger charge is 2.24. The average Bonchev–Trinajstić information content (AvgIpc) is 2.49. The highest BCUT2D eigenvalue weighted by atomic mass is 15.2. The molecule has 0 amide bonds. The molecule has 0 atom stereocenters. The Bertz CT molecular complexity index is 220. The standard InChI is InChI=1S/C17H37N3/c1-5-18-16-10-12-17(13-11-16)20(8-4)15-9-14-19(6-2)7-3/h16-18H,5-15H2,1-4H3. The van der Waals surface area contributed by atoms with Crippen LogP contribution in [0.15, 0.2) is 0 Å².